The van der Waals surface area contributed by atoms with Crippen LogP contribution < -0.4 is 0 Å². The summed E-state index contributed by atoms with van der Waals surface area (Å²) < 4.78 is 48.1. The van der Waals surface area contributed by atoms with E-state index in [1.165, 1.54) is 6.07 Å². The van der Waals surface area contributed by atoms with Gasteiger partial charge in [-0.25, -0.2) is 4.39 Å². The minimum Gasteiger partial charge on any atom is -0.289 e. The third-order valence-corrected chi connectivity index (χ3v) is 1.48. The zero-order valence-corrected chi connectivity index (χ0v) is 6.81. The van der Waals surface area contributed by atoms with Gasteiger partial charge in [0.2, 0.25) is 5.78 Å². The average molecular weight is 207 g/mol. The Balaban J connectivity index is 2.80. The van der Waals surface area contributed by atoms with Crippen molar-refractivity contribution in [1.29, 1.82) is 0 Å². The van der Waals surface area contributed by atoms with Gasteiger partial charge in [-0.15, -0.1) is 0 Å². The third kappa shape index (κ3) is 2.51. The summed E-state index contributed by atoms with van der Waals surface area (Å²) in [5.41, 5.74) is -0.491. The third-order valence-electron chi connectivity index (χ3n) is 1.48. The maximum Gasteiger partial charge on any atom is 0.450 e. The molecule has 6 heteroatoms. The number of pyridine rings is 1. The number of nitrogens with zero attached hydrogens (tertiary/aromatic N) is 1. The summed E-state index contributed by atoms with van der Waals surface area (Å²) >= 11 is 0. The van der Waals surface area contributed by atoms with E-state index in [-0.39, 0.29) is 0 Å². The van der Waals surface area contributed by atoms with Crippen molar-refractivity contribution in [2.24, 2.45) is 0 Å². The zero-order valence-electron chi connectivity index (χ0n) is 6.81. The summed E-state index contributed by atoms with van der Waals surface area (Å²) in [6, 6.07) is 2.18. The van der Waals surface area contributed by atoms with Crippen molar-refractivity contribution in [2.75, 3.05) is 0 Å². The first-order valence-electron chi connectivity index (χ1n) is 3.60. The molecule has 1 aromatic heterocycles. The Labute approximate surface area is 76.6 Å². The van der Waals surface area contributed by atoms with Gasteiger partial charge in [0.15, 0.2) is 0 Å². The van der Waals surface area contributed by atoms with E-state index in [2.05, 4.69) is 4.98 Å². The molecule has 1 rings (SSSR count). The van der Waals surface area contributed by atoms with Crippen molar-refractivity contribution in [2.45, 2.75) is 12.6 Å². The van der Waals surface area contributed by atoms with Gasteiger partial charge in [0.1, 0.15) is 5.82 Å². The molecule has 0 unspecified atom stereocenters. The Hall–Kier alpha value is -1.46. The second-order valence-corrected chi connectivity index (χ2v) is 2.53. The van der Waals surface area contributed by atoms with Crippen molar-refractivity contribution in [3.8, 4) is 0 Å². The van der Waals surface area contributed by atoms with Crippen LogP contribution >= 0.6 is 0 Å². The molecule has 1 aromatic rings. The molecule has 2 nitrogen and oxygen atoms in total. The van der Waals surface area contributed by atoms with Gasteiger partial charge < -0.3 is 0 Å². The highest BCUT2D eigenvalue weighted by molar-refractivity contribution is 5.85. The van der Waals surface area contributed by atoms with Crippen LogP contribution in [0.25, 0.3) is 0 Å². The first kappa shape index (κ1) is 10.6. The van der Waals surface area contributed by atoms with Gasteiger partial charge in [-0.3, -0.25) is 9.78 Å². The summed E-state index contributed by atoms with van der Waals surface area (Å²) in [6.45, 7) is 0. The molecular weight excluding hydrogens is 202 g/mol. The molecule has 76 valence electrons. The number of alkyl halides is 3. The molecule has 0 saturated carbocycles. The number of hydrogen-bond donors (Lipinski definition) is 0. The minimum atomic E-state index is -4.94. The Morgan fingerprint density at radius 2 is 2.07 bits per heavy atom. The molecule has 0 aliphatic rings. The monoisotopic (exact) mass is 207 g/mol. The van der Waals surface area contributed by atoms with Crippen LogP contribution in [0.5, 0.6) is 0 Å². The van der Waals surface area contributed by atoms with Gasteiger partial charge in [0.25, 0.3) is 0 Å². The largest absolute Gasteiger partial charge is 0.450 e. The number of carbonyl (C=O) groups excluding carboxylic acids is 1. The fourth-order valence-electron chi connectivity index (χ4n) is 0.801. The van der Waals surface area contributed by atoms with Gasteiger partial charge in [-0.2, -0.15) is 13.2 Å². The molecule has 0 N–H and O–H groups in total. The fraction of sp³-hybridized carbons (Fsp3) is 0.250. The number of hydrogen-bond acceptors (Lipinski definition) is 2. The number of Topliss-reactive ketones (excluding diaryl/α,β-unsaturated/α-hetero) is 1. The summed E-state index contributed by atoms with van der Waals surface area (Å²) in [7, 11) is 0. The average Bonchev–Trinajstić information content (AvgIpc) is 2.07. The highest BCUT2D eigenvalue weighted by Gasteiger charge is 2.38. The minimum absolute atomic E-state index is 0.491. The Morgan fingerprint density at radius 3 is 2.57 bits per heavy atom. The van der Waals surface area contributed by atoms with E-state index in [1.807, 2.05) is 0 Å². The highest BCUT2D eigenvalue weighted by atomic mass is 19.4. The lowest BCUT2D eigenvalue weighted by atomic mass is 10.2. The smallest absolute Gasteiger partial charge is 0.289 e. The van der Waals surface area contributed by atoms with Crippen LogP contribution in [-0.2, 0) is 11.2 Å². The zero-order chi connectivity index (χ0) is 10.8. The molecule has 0 bridgehead atoms. The molecule has 0 fully saturated rings. The normalized spacial score (nSPS) is 11.4. The molecule has 0 atom stereocenters. The lowest BCUT2D eigenvalue weighted by Gasteiger charge is -2.04. The number of halogens is 4. The predicted octanol–water partition coefficient (Wildman–Crippen LogP) is 1.89. The van der Waals surface area contributed by atoms with E-state index < -0.39 is 29.9 Å². The highest BCUT2D eigenvalue weighted by Crippen LogP contribution is 2.18. The Kier molecular flexibility index (Phi) is 2.83. The summed E-state index contributed by atoms with van der Waals surface area (Å²) in [4.78, 5) is 13.8. The van der Waals surface area contributed by atoms with Crippen molar-refractivity contribution in [3.63, 3.8) is 0 Å². The van der Waals surface area contributed by atoms with E-state index >= 15 is 0 Å². The van der Waals surface area contributed by atoms with E-state index in [0.717, 1.165) is 12.3 Å². The van der Waals surface area contributed by atoms with Crippen LogP contribution in [0.1, 0.15) is 5.69 Å². The number of ketones is 1. The molecule has 0 radical (unpaired) electrons. The van der Waals surface area contributed by atoms with Gasteiger partial charge >= 0.3 is 6.18 Å². The maximum atomic E-state index is 12.8. The van der Waals surface area contributed by atoms with Crippen LogP contribution in [0.3, 0.4) is 0 Å². The first-order valence-corrected chi connectivity index (χ1v) is 3.60. The molecule has 0 aliphatic heterocycles. The number of carbonyl (C=O) groups is 1. The molecule has 1 heterocycles. The SMILES string of the molecule is O=C(Cc1ncccc1F)C(F)(F)F. The fourth-order valence-corrected chi connectivity index (χ4v) is 0.801. The second-order valence-electron chi connectivity index (χ2n) is 2.53. The lowest BCUT2D eigenvalue weighted by molar-refractivity contribution is -0.170. The Morgan fingerprint density at radius 1 is 1.43 bits per heavy atom. The molecule has 14 heavy (non-hydrogen) atoms. The molecule has 0 saturated heterocycles. The summed E-state index contributed by atoms with van der Waals surface area (Å²) in [5.74, 6) is -2.92. The van der Waals surface area contributed by atoms with Crippen LogP contribution in [0.2, 0.25) is 0 Å². The first-order chi connectivity index (χ1) is 6.41. The molecule has 0 aliphatic carbocycles. The Bertz CT molecular complexity index is 347. The molecular formula is C8H5F4NO. The van der Waals surface area contributed by atoms with E-state index in [0.29, 0.717) is 0 Å². The van der Waals surface area contributed by atoms with Crippen molar-refractivity contribution in [1.82, 2.24) is 4.98 Å². The summed E-state index contributed by atoms with van der Waals surface area (Å²) in [5, 5.41) is 0. The predicted molar refractivity (Wildman–Crippen MR) is 39.0 cm³/mol. The molecule has 0 amide bonds. The van der Waals surface area contributed by atoms with E-state index in [4.69, 9.17) is 0 Å². The molecule has 0 spiro atoms. The van der Waals surface area contributed by atoms with Crippen LogP contribution in [0.4, 0.5) is 17.6 Å². The maximum absolute atomic E-state index is 12.8. The van der Waals surface area contributed by atoms with Gasteiger partial charge in [-0.05, 0) is 12.1 Å². The van der Waals surface area contributed by atoms with E-state index in [9.17, 15) is 22.4 Å². The summed E-state index contributed by atoms with van der Waals surface area (Å²) in [6.07, 6.45) is -4.87. The van der Waals surface area contributed by atoms with Gasteiger partial charge in [-0.1, -0.05) is 0 Å². The standard InChI is InChI=1S/C8H5F4NO/c9-5-2-1-3-13-6(5)4-7(14)8(10,11)12/h1-3H,4H2. The van der Waals surface area contributed by atoms with Crippen LogP contribution in [0, 0.1) is 5.82 Å². The second kappa shape index (κ2) is 3.73. The quantitative estimate of drug-likeness (QED) is 0.693. The van der Waals surface area contributed by atoms with Crippen LogP contribution in [-0.4, -0.2) is 16.9 Å². The topological polar surface area (TPSA) is 30.0 Å². The number of rotatable bonds is 2. The lowest BCUT2D eigenvalue weighted by Crippen LogP contribution is -2.25. The number of aromatic nitrogens is 1. The van der Waals surface area contributed by atoms with E-state index in [1.54, 1.807) is 0 Å². The van der Waals surface area contributed by atoms with Crippen LogP contribution in [0.15, 0.2) is 18.3 Å². The van der Waals surface area contributed by atoms with Crippen molar-refractivity contribution in [3.05, 3.63) is 29.8 Å². The van der Waals surface area contributed by atoms with Crippen molar-refractivity contribution >= 4 is 5.78 Å². The van der Waals surface area contributed by atoms with Crippen molar-refractivity contribution < 1.29 is 22.4 Å². The van der Waals surface area contributed by atoms with Gasteiger partial charge in [0, 0.05) is 6.20 Å². The molecule has 0 aromatic carbocycles. The van der Waals surface area contributed by atoms with Gasteiger partial charge in [0.05, 0.1) is 12.1 Å².